The minimum Gasteiger partial charge on any atom is -0.366 e. The summed E-state index contributed by atoms with van der Waals surface area (Å²) in [6.45, 7) is 0. The number of rotatable bonds is 1. The topological polar surface area (TPSA) is 74.3 Å². The molecule has 0 aromatic rings. The number of carbonyl (C=O) groups excluding carboxylic acids is 1. The molecule has 6 nitrogen and oxygen atoms in total. The van der Waals surface area contributed by atoms with E-state index in [1.54, 1.807) is 16.3 Å². The van der Waals surface area contributed by atoms with E-state index in [-0.39, 0.29) is 5.92 Å². The summed E-state index contributed by atoms with van der Waals surface area (Å²) < 4.78 is 0. The average Bonchev–Trinajstić information content (AvgIpc) is 3.22. The van der Waals surface area contributed by atoms with Crippen LogP contribution in [0.25, 0.3) is 0 Å². The number of carbonyl (C=O) groups is 1. The van der Waals surface area contributed by atoms with Gasteiger partial charge in [-0.05, 0) is 17.4 Å². The zero-order valence-corrected chi connectivity index (χ0v) is 17.4. The number of fused-ring (bicyclic) bond motifs is 1. The Hall–Kier alpha value is -4.45. The van der Waals surface area contributed by atoms with Crippen LogP contribution in [0.15, 0.2) is 155 Å². The van der Waals surface area contributed by atoms with Crippen molar-refractivity contribution in [1.82, 2.24) is 10.1 Å². The van der Waals surface area contributed by atoms with Gasteiger partial charge < -0.3 is 5.73 Å². The van der Waals surface area contributed by atoms with Gasteiger partial charge in [0, 0.05) is 17.7 Å². The number of hydrogen-bond acceptors (Lipinski definition) is 5. The van der Waals surface area contributed by atoms with E-state index in [2.05, 4.69) is 10.3 Å². The zero-order valence-electron chi connectivity index (χ0n) is 17.4. The molecule has 4 aliphatic rings. The van der Waals surface area contributed by atoms with E-state index in [1.165, 1.54) is 0 Å². The first-order valence-electron chi connectivity index (χ1n) is 10.3. The Kier molecular flexibility index (Phi) is 6.53. The molecule has 3 aliphatic heterocycles. The molecule has 4 rings (SSSR count). The number of nitrogens with zero attached hydrogens (tertiary/aromatic N) is 4. The molecule has 0 spiro atoms. The Balaban J connectivity index is 1.78. The van der Waals surface area contributed by atoms with Crippen molar-refractivity contribution in [3.05, 3.63) is 144 Å². The molecule has 3 heterocycles. The normalized spacial score (nSPS) is 21.8. The fraction of sp³-hybridized carbons (Fsp3) is 0.0385. The molecule has 1 atom stereocenters. The Morgan fingerprint density at radius 2 is 1.31 bits per heavy atom. The minimum absolute atomic E-state index is 0.264. The molecule has 32 heavy (non-hydrogen) atoms. The lowest BCUT2D eigenvalue weighted by Crippen LogP contribution is -2.38. The van der Waals surface area contributed by atoms with Crippen molar-refractivity contribution in [2.24, 2.45) is 22.0 Å². The van der Waals surface area contributed by atoms with E-state index >= 15 is 0 Å². The molecule has 0 aromatic carbocycles. The Morgan fingerprint density at radius 3 is 1.94 bits per heavy atom. The van der Waals surface area contributed by atoms with Gasteiger partial charge in [-0.3, -0.25) is 4.79 Å². The summed E-state index contributed by atoms with van der Waals surface area (Å²) in [4.78, 5) is 12.5. The quantitative estimate of drug-likeness (QED) is 0.646. The average molecular weight is 422 g/mol. The van der Waals surface area contributed by atoms with E-state index in [0.29, 0.717) is 17.1 Å². The summed E-state index contributed by atoms with van der Waals surface area (Å²) in [7, 11) is 0. The van der Waals surface area contributed by atoms with Gasteiger partial charge in [-0.25, -0.2) is 5.01 Å². The smallest absolute Gasteiger partial charge is 0.247 e. The van der Waals surface area contributed by atoms with Gasteiger partial charge in [-0.1, -0.05) is 103 Å². The van der Waals surface area contributed by atoms with Gasteiger partial charge in [0.15, 0.2) is 5.82 Å². The van der Waals surface area contributed by atoms with Crippen molar-refractivity contribution in [3.63, 3.8) is 0 Å². The molecule has 0 saturated heterocycles. The monoisotopic (exact) mass is 421 g/mol. The Morgan fingerprint density at radius 1 is 0.750 bits per heavy atom. The molecule has 0 fully saturated rings. The van der Waals surface area contributed by atoms with Crippen molar-refractivity contribution in [3.8, 4) is 0 Å². The number of hydrazine groups is 1. The second-order valence-corrected chi connectivity index (χ2v) is 7.00. The van der Waals surface area contributed by atoms with Gasteiger partial charge in [-0.15, -0.1) is 5.11 Å². The molecule has 2 N–H and O–H groups in total. The lowest BCUT2D eigenvalue weighted by atomic mass is 9.83. The van der Waals surface area contributed by atoms with E-state index in [9.17, 15) is 4.79 Å². The fourth-order valence-corrected chi connectivity index (χ4v) is 3.53. The molecule has 0 aromatic heterocycles. The lowest BCUT2D eigenvalue weighted by Gasteiger charge is -2.35. The van der Waals surface area contributed by atoms with Gasteiger partial charge in [-0.2, -0.15) is 5.12 Å². The second-order valence-electron chi connectivity index (χ2n) is 7.00. The molecule has 1 aliphatic carbocycles. The molecule has 6 heteroatoms. The predicted octanol–water partition coefficient (Wildman–Crippen LogP) is 5.01. The summed E-state index contributed by atoms with van der Waals surface area (Å²) in [6, 6.07) is 0. The molecule has 158 valence electrons. The summed E-state index contributed by atoms with van der Waals surface area (Å²) >= 11 is 0. The maximum Gasteiger partial charge on any atom is 0.247 e. The first kappa shape index (κ1) is 20.8. The largest absolute Gasteiger partial charge is 0.366 e. The van der Waals surface area contributed by atoms with Gasteiger partial charge in [0.2, 0.25) is 5.91 Å². The van der Waals surface area contributed by atoms with Crippen LogP contribution >= 0.6 is 0 Å². The van der Waals surface area contributed by atoms with Gasteiger partial charge in [0.1, 0.15) is 0 Å². The molecule has 0 saturated carbocycles. The van der Waals surface area contributed by atoms with Gasteiger partial charge in [0.25, 0.3) is 0 Å². The molecule has 1 unspecified atom stereocenters. The van der Waals surface area contributed by atoms with Crippen LogP contribution < -0.4 is 5.73 Å². The maximum atomic E-state index is 12.5. The molecular weight excluding hydrogens is 398 g/mol. The maximum absolute atomic E-state index is 12.5. The lowest BCUT2D eigenvalue weighted by molar-refractivity contribution is -0.115. The summed E-state index contributed by atoms with van der Waals surface area (Å²) in [5.41, 5.74) is 7.85. The van der Waals surface area contributed by atoms with Crippen LogP contribution in [0.2, 0.25) is 0 Å². The van der Waals surface area contributed by atoms with Crippen molar-refractivity contribution in [2.45, 2.75) is 0 Å². The van der Waals surface area contributed by atoms with Crippen molar-refractivity contribution in [2.75, 3.05) is 0 Å². The predicted molar refractivity (Wildman–Crippen MR) is 127 cm³/mol. The van der Waals surface area contributed by atoms with E-state index in [1.807, 2.05) is 115 Å². The van der Waals surface area contributed by atoms with Gasteiger partial charge >= 0.3 is 0 Å². The first-order chi connectivity index (χ1) is 15.8. The number of hydrogen-bond donors (Lipinski definition) is 1. The highest BCUT2D eigenvalue weighted by Gasteiger charge is 2.39. The minimum atomic E-state index is -0.480. The standard InChI is InChI=1S/C26H23N5O/c27-25(32)24-21-17-14-15-18-22(21)26-28-29-30-20-16-12-10-8-6-4-2-1-3-5-7-9-11-13-19-23(24)31(26)30/h1-21H,(H2,27,32). The van der Waals surface area contributed by atoms with Crippen LogP contribution in [0.5, 0.6) is 0 Å². The highest BCUT2D eigenvalue weighted by atomic mass is 16.1. The first-order valence-corrected chi connectivity index (χ1v) is 10.3. The molecule has 1 amide bonds. The third-order valence-corrected chi connectivity index (χ3v) is 4.92. The number of primary amides is 1. The third kappa shape index (κ3) is 4.49. The third-order valence-electron chi connectivity index (χ3n) is 4.92. The van der Waals surface area contributed by atoms with Crippen LogP contribution in [0.4, 0.5) is 0 Å². The molecular formula is C26H23N5O. The molecule has 0 bridgehead atoms. The van der Waals surface area contributed by atoms with E-state index in [4.69, 9.17) is 5.73 Å². The summed E-state index contributed by atoms with van der Waals surface area (Å²) in [5.74, 6) is -0.0785. The van der Waals surface area contributed by atoms with Crippen molar-refractivity contribution < 1.29 is 4.79 Å². The zero-order chi connectivity index (χ0) is 22.2. The van der Waals surface area contributed by atoms with E-state index in [0.717, 1.165) is 5.57 Å². The van der Waals surface area contributed by atoms with Crippen LogP contribution in [0.1, 0.15) is 0 Å². The number of amides is 1. The number of nitrogens with two attached hydrogens (primary N) is 1. The fourth-order valence-electron chi connectivity index (χ4n) is 3.53. The summed E-state index contributed by atoms with van der Waals surface area (Å²) in [6.07, 6.45) is 38.3. The van der Waals surface area contributed by atoms with Crippen LogP contribution in [-0.2, 0) is 4.79 Å². The van der Waals surface area contributed by atoms with Gasteiger partial charge in [0.05, 0.1) is 11.3 Å². The molecule has 0 radical (unpaired) electrons. The van der Waals surface area contributed by atoms with Crippen molar-refractivity contribution >= 4 is 5.91 Å². The van der Waals surface area contributed by atoms with E-state index < -0.39 is 5.91 Å². The second kappa shape index (κ2) is 10.0. The van der Waals surface area contributed by atoms with Crippen LogP contribution in [0.3, 0.4) is 0 Å². The van der Waals surface area contributed by atoms with Crippen LogP contribution in [0, 0.1) is 5.92 Å². The Labute approximate surface area is 187 Å². The highest BCUT2D eigenvalue weighted by molar-refractivity contribution is 5.95. The highest BCUT2D eigenvalue weighted by Crippen LogP contribution is 2.42. The number of allylic oxidation sites excluding steroid dienone is 20. The van der Waals surface area contributed by atoms with Crippen LogP contribution in [-0.4, -0.2) is 16.0 Å². The summed E-state index contributed by atoms with van der Waals surface area (Å²) in [5, 5.41) is 12.1. The Bertz CT molecular complexity index is 1160. The van der Waals surface area contributed by atoms with Crippen molar-refractivity contribution in [1.29, 1.82) is 0 Å². The SMILES string of the molecule is NC(=O)C1=C2C=CC=CC=CC=CC=CC=CC=CC=CN3N=NC(=C4C=CC=CC41)N23.